The largest absolute Gasteiger partial charge is 0.384 e. The normalized spacial score (nSPS) is 10.6. The number of nitrogens with one attached hydrogen (secondary N) is 1. The highest BCUT2D eigenvalue weighted by atomic mass is 19.1. The van der Waals surface area contributed by atoms with Gasteiger partial charge >= 0.3 is 0 Å². The number of nitrogens with two attached hydrogens (primary N) is 1. The molecule has 3 N–H and O–H groups in total. The molecule has 1 heterocycles. The van der Waals surface area contributed by atoms with Gasteiger partial charge in [0.2, 0.25) is 0 Å². The molecule has 0 radical (unpaired) electrons. The van der Waals surface area contributed by atoms with Gasteiger partial charge in [0.15, 0.2) is 0 Å². The van der Waals surface area contributed by atoms with Gasteiger partial charge in [-0.2, -0.15) is 0 Å². The van der Waals surface area contributed by atoms with Crippen LogP contribution in [0, 0.1) is 11.6 Å². The van der Waals surface area contributed by atoms with Crippen LogP contribution in [0.15, 0.2) is 24.3 Å². The van der Waals surface area contributed by atoms with Crippen LogP contribution in [-0.2, 0) is 12.8 Å². The highest BCUT2D eigenvalue weighted by molar-refractivity contribution is 5.44. The van der Waals surface area contributed by atoms with Gasteiger partial charge in [0.1, 0.15) is 29.1 Å². The molecule has 21 heavy (non-hydrogen) atoms. The van der Waals surface area contributed by atoms with Crippen LogP contribution in [0.4, 0.5) is 20.4 Å². The van der Waals surface area contributed by atoms with E-state index >= 15 is 0 Å². The molecule has 0 aliphatic rings. The molecule has 0 saturated carbocycles. The average molecular weight is 292 g/mol. The molecule has 0 atom stereocenters. The van der Waals surface area contributed by atoms with Crippen LogP contribution in [0.5, 0.6) is 0 Å². The molecule has 1 aromatic heterocycles. The van der Waals surface area contributed by atoms with Gasteiger partial charge in [-0.15, -0.1) is 0 Å². The molecule has 112 valence electrons. The van der Waals surface area contributed by atoms with E-state index < -0.39 is 11.6 Å². The Labute approximate surface area is 122 Å². The minimum absolute atomic E-state index is 0.410. The SMILES string of the molecule is CCCc1nc(N)cc(NCCc2cc(F)cc(F)c2)n1. The topological polar surface area (TPSA) is 63.8 Å². The van der Waals surface area contributed by atoms with Crippen molar-refractivity contribution in [2.75, 3.05) is 17.6 Å². The predicted octanol–water partition coefficient (Wildman–Crippen LogP) is 2.94. The highest BCUT2D eigenvalue weighted by Crippen LogP contribution is 2.11. The van der Waals surface area contributed by atoms with Crippen LogP contribution < -0.4 is 11.1 Å². The number of aromatic nitrogens is 2. The summed E-state index contributed by atoms with van der Waals surface area (Å²) in [6.45, 7) is 2.54. The minimum Gasteiger partial charge on any atom is -0.384 e. The summed E-state index contributed by atoms with van der Waals surface area (Å²) in [4.78, 5) is 8.48. The zero-order valence-corrected chi connectivity index (χ0v) is 11.9. The van der Waals surface area contributed by atoms with Gasteiger partial charge in [0.05, 0.1) is 0 Å². The molecule has 4 nitrogen and oxygen atoms in total. The van der Waals surface area contributed by atoms with E-state index in [1.165, 1.54) is 12.1 Å². The summed E-state index contributed by atoms with van der Waals surface area (Å²) < 4.78 is 26.1. The summed E-state index contributed by atoms with van der Waals surface area (Å²) in [6, 6.07) is 5.15. The van der Waals surface area contributed by atoms with Crippen LogP contribution in [-0.4, -0.2) is 16.5 Å². The highest BCUT2D eigenvalue weighted by Gasteiger charge is 2.03. The van der Waals surface area contributed by atoms with Crippen LogP contribution in [0.2, 0.25) is 0 Å². The van der Waals surface area contributed by atoms with Crippen molar-refractivity contribution in [1.29, 1.82) is 0 Å². The van der Waals surface area contributed by atoms with Crippen molar-refractivity contribution in [3.8, 4) is 0 Å². The average Bonchev–Trinajstić information content (AvgIpc) is 2.37. The van der Waals surface area contributed by atoms with E-state index in [1.807, 2.05) is 6.92 Å². The summed E-state index contributed by atoms with van der Waals surface area (Å²) in [5.74, 6) is 0.593. The molecule has 0 saturated heterocycles. The van der Waals surface area contributed by atoms with Crippen LogP contribution in [0.1, 0.15) is 24.7 Å². The Kier molecular flexibility index (Phi) is 5.03. The summed E-state index contributed by atoms with van der Waals surface area (Å²) >= 11 is 0. The van der Waals surface area contributed by atoms with Gasteiger partial charge in [-0.05, 0) is 30.5 Å². The first kappa shape index (κ1) is 15.2. The quantitative estimate of drug-likeness (QED) is 0.859. The maximum absolute atomic E-state index is 13.1. The standard InChI is InChI=1S/C15H18F2N4/c1-2-3-14-20-13(18)9-15(21-14)19-5-4-10-6-11(16)8-12(17)7-10/h6-9H,2-5H2,1H3,(H3,18,19,20,21). The maximum atomic E-state index is 13.1. The third-order valence-electron chi connectivity index (χ3n) is 2.91. The Morgan fingerprint density at radius 1 is 1.05 bits per heavy atom. The minimum atomic E-state index is -0.568. The van der Waals surface area contributed by atoms with Crippen LogP contribution in [0.3, 0.4) is 0 Å². The lowest BCUT2D eigenvalue weighted by Gasteiger charge is -2.08. The van der Waals surface area contributed by atoms with Gasteiger partial charge in [-0.25, -0.2) is 18.7 Å². The number of hydrogen-bond acceptors (Lipinski definition) is 4. The van der Waals surface area contributed by atoms with E-state index in [0.29, 0.717) is 36.0 Å². The van der Waals surface area contributed by atoms with Crippen LogP contribution >= 0.6 is 0 Å². The first-order valence-electron chi connectivity index (χ1n) is 6.89. The molecule has 0 amide bonds. The fraction of sp³-hybridized carbons (Fsp3) is 0.333. The predicted molar refractivity (Wildman–Crippen MR) is 79.0 cm³/mol. The Hall–Kier alpha value is -2.24. The second-order valence-corrected chi connectivity index (χ2v) is 4.80. The Bertz CT molecular complexity index is 596. The summed E-state index contributed by atoms with van der Waals surface area (Å²) in [7, 11) is 0. The van der Waals surface area contributed by atoms with E-state index in [9.17, 15) is 8.78 Å². The third-order valence-corrected chi connectivity index (χ3v) is 2.91. The van der Waals surface area contributed by atoms with Crippen LogP contribution in [0.25, 0.3) is 0 Å². The molecule has 0 spiro atoms. The fourth-order valence-electron chi connectivity index (χ4n) is 2.03. The van der Waals surface area contributed by atoms with Crippen molar-refractivity contribution in [2.45, 2.75) is 26.2 Å². The lowest BCUT2D eigenvalue weighted by atomic mass is 10.1. The smallest absolute Gasteiger partial charge is 0.133 e. The fourth-order valence-corrected chi connectivity index (χ4v) is 2.03. The molecule has 0 bridgehead atoms. The van der Waals surface area contributed by atoms with Crippen molar-refractivity contribution in [3.63, 3.8) is 0 Å². The van der Waals surface area contributed by atoms with Crippen molar-refractivity contribution >= 4 is 11.6 Å². The lowest BCUT2D eigenvalue weighted by molar-refractivity contribution is 0.580. The third kappa shape index (κ3) is 4.66. The molecule has 2 rings (SSSR count). The number of nitrogens with zero attached hydrogens (tertiary/aromatic N) is 2. The van der Waals surface area contributed by atoms with Gasteiger partial charge in [0, 0.05) is 25.1 Å². The monoisotopic (exact) mass is 292 g/mol. The molecule has 0 aliphatic heterocycles. The Morgan fingerprint density at radius 2 is 1.76 bits per heavy atom. The second kappa shape index (κ2) is 6.97. The van der Waals surface area contributed by atoms with E-state index in [4.69, 9.17) is 5.73 Å². The van der Waals surface area contributed by atoms with Crippen molar-refractivity contribution in [1.82, 2.24) is 9.97 Å². The zero-order valence-electron chi connectivity index (χ0n) is 11.9. The Balaban J connectivity index is 1.96. The van der Waals surface area contributed by atoms with E-state index in [-0.39, 0.29) is 0 Å². The number of nitrogen functional groups attached to an aromatic ring is 1. The van der Waals surface area contributed by atoms with E-state index in [2.05, 4.69) is 15.3 Å². The number of halogens is 2. The first-order chi connectivity index (χ1) is 10.1. The molecule has 6 heteroatoms. The van der Waals surface area contributed by atoms with Gasteiger partial charge < -0.3 is 11.1 Å². The molecule has 2 aromatic rings. The molecule has 1 aromatic carbocycles. The second-order valence-electron chi connectivity index (χ2n) is 4.80. The van der Waals surface area contributed by atoms with E-state index in [1.54, 1.807) is 6.07 Å². The maximum Gasteiger partial charge on any atom is 0.133 e. The molecular formula is C15H18F2N4. The van der Waals surface area contributed by atoms with Crippen molar-refractivity contribution in [3.05, 3.63) is 47.3 Å². The number of anilines is 2. The van der Waals surface area contributed by atoms with Gasteiger partial charge in [0.25, 0.3) is 0 Å². The first-order valence-corrected chi connectivity index (χ1v) is 6.89. The molecule has 0 aliphatic carbocycles. The summed E-state index contributed by atoms with van der Waals surface area (Å²) in [6.07, 6.45) is 2.18. The summed E-state index contributed by atoms with van der Waals surface area (Å²) in [5.41, 5.74) is 6.32. The number of hydrogen-bond donors (Lipinski definition) is 2. The van der Waals surface area contributed by atoms with Gasteiger partial charge in [-0.3, -0.25) is 0 Å². The number of rotatable bonds is 6. The molecular weight excluding hydrogens is 274 g/mol. The van der Waals surface area contributed by atoms with Gasteiger partial charge in [-0.1, -0.05) is 6.92 Å². The molecule has 0 fully saturated rings. The number of aryl methyl sites for hydroxylation is 1. The molecule has 0 unspecified atom stereocenters. The Morgan fingerprint density at radius 3 is 2.43 bits per heavy atom. The van der Waals surface area contributed by atoms with E-state index in [0.717, 1.165) is 18.9 Å². The van der Waals surface area contributed by atoms with Crippen molar-refractivity contribution < 1.29 is 8.78 Å². The van der Waals surface area contributed by atoms with Crippen molar-refractivity contribution in [2.24, 2.45) is 0 Å². The lowest BCUT2D eigenvalue weighted by Crippen LogP contribution is -2.09. The summed E-state index contributed by atoms with van der Waals surface area (Å²) in [5, 5.41) is 3.10. The number of benzene rings is 1. The zero-order chi connectivity index (χ0) is 15.2.